The summed E-state index contributed by atoms with van der Waals surface area (Å²) in [7, 11) is 0. The second-order valence-electron chi connectivity index (χ2n) is 4.41. The minimum absolute atomic E-state index is 0.143. The Labute approximate surface area is 116 Å². The van der Waals surface area contributed by atoms with Crippen molar-refractivity contribution in [1.29, 1.82) is 0 Å². The van der Waals surface area contributed by atoms with Crippen molar-refractivity contribution in [2.45, 2.75) is 6.92 Å². The van der Waals surface area contributed by atoms with E-state index in [1.54, 1.807) is 18.2 Å². The summed E-state index contributed by atoms with van der Waals surface area (Å²) in [6.45, 7) is 1.85. The number of carboxylic acid groups (broad SMARTS) is 1. The van der Waals surface area contributed by atoms with E-state index in [0.717, 1.165) is 5.56 Å². The third-order valence-electron chi connectivity index (χ3n) is 2.92. The number of rotatable bonds is 3. The van der Waals surface area contributed by atoms with E-state index in [4.69, 9.17) is 10.8 Å². The standard InChI is InChI=1S/C15H14N2O3/c1-9-8-12(6-7-13(9)16)17-14(18)10-2-4-11(5-3-10)15(19)20/h2-8H,16H2,1H3,(H,17,18)(H,19,20). The Morgan fingerprint density at radius 3 is 2.20 bits per heavy atom. The first-order chi connectivity index (χ1) is 9.47. The van der Waals surface area contributed by atoms with Gasteiger partial charge < -0.3 is 16.2 Å². The highest BCUT2D eigenvalue weighted by molar-refractivity contribution is 6.04. The summed E-state index contributed by atoms with van der Waals surface area (Å²) >= 11 is 0. The van der Waals surface area contributed by atoms with E-state index in [1.165, 1.54) is 24.3 Å². The predicted molar refractivity (Wildman–Crippen MR) is 76.9 cm³/mol. The number of carboxylic acids is 1. The van der Waals surface area contributed by atoms with E-state index >= 15 is 0 Å². The Hall–Kier alpha value is -2.82. The number of aryl methyl sites for hydroxylation is 1. The molecule has 0 saturated carbocycles. The fourth-order valence-electron chi connectivity index (χ4n) is 1.72. The molecule has 20 heavy (non-hydrogen) atoms. The summed E-state index contributed by atoms with van der Waals surface area (Å²) in [5.74, 6) is -1.32. The molecule has 2 aromatic carbocycles. The highest BCUT2D eigenvalue weighted by atomic mass is 16.4. The molecular formula is C15H14N2O3. The molecule has 5 nitrogen and oxygen atoms in total. The number of hydrogen-bond acceptors (Lipinski definition) is 3. The molecule has 0 aliphatic carbocycles. The lowest BCUT2D eigenvalue weighted by Crippen LogP contribution is -2.12. The molecule has 0 aliphatic heterocycles. The molecular weight excluding hydrogens is 256 g/mol. The molecule has 0 aromatic heterocycles. The number of nitrogens with one attached hydrogen (secondary N) is 1. The second-order valence-corrected chi connectivity index (χ2v) is 4.41. The van der Waals surface area contributed by atoms with Gasteiger partial charge in [-0.25, -0.2) is 4.79 Å². The molecule has 5 heteroatoms. The number of anilines is 2. The Kier molecular flexibility index (Phi) is 3.70. The van der Waals surface area contributed by atoms with E-state index in [9.17, 15) is 9.59 Å². The maximum atomic E-state index is 12.0. The van der Waals surface area contributed by atoms with Crippen LogP contribution in [0.15, 0.2) is 42.5 Å². The Balaban J connectivity index is 2.15. The molecule has 0 radical (unpaired) electrons. The van der Waals surface area contributed by atoms with Crippen LogP contribution in [0.5, 0.6) is 0 Å². The van der Waals surface area contributed by atoms with E-state index in [0.29, 0.717) is 16.9 Å². The van der Waals surface area contributed by atoms with Crippen LogP contribution in [-0.4, -0.2) is 17.0 Å². The van der Waals surface area contributed by atoms with Gasteiger partial charge in [0, 0.05) is 16.9 Å². The van der Waals surface area contributed by atoms with Crippen molar-refractivity contribution >= 4 is 23.3 Å². The van der Waals surface area contributed by atoms with Crippen molar-refractivity contribution in [2.75, 3.05) is 11.1 Å². The first-order valence-electron chi connectivity index (χ1n) is 5.98. The lowest BCUT2D eigenvalue weighted by atomic mass is 10.1. The highest BCUT2D eigenvalue weighted by Gasteiger charge is 2.08. The molecule has 0 unspecified atom stereocenters. The van der Waals surface area contributed by atoms with Crippen LogP contribution in [0, 0.1) is 6.92 Å². The van der Waals surface area contributed by atoms with Crippen LogP contribution in [0.25, 0.3) is 0 Å². The molecule has 1 amide bonds. The topological polar surface area (TPSA) is 92.4 Å². The largest absolute Gasteiger partial charge is 0.478 e. The van der Waals surface area contributed by atoms with Gasteiger partial charge in [-0.3, -0.25) is 4.79 Å². The number of carbonyl (C=O) groups excluding carboxylic acids is 1. The molecule has 0 saturated heterocycles. The van der Waals surface area contributed by atoms with Crippen molar-refractivity contribution in [3.63, 3.8) is 0 Å². The summed E-state index contributed by atoms with van der Waals surface area (Å²) in [4.78, 5) is 22.7. The van der Waals surface area contributed by atoms with Crippen LogP contribution in [0.3, 0.4) is 0 Å². The maximum Gasteiger partial charge on any atom is 0.335 e. The van der Waals surface area contributed by atoms with Crippen LogP contribution in [0.2, 0.25) is 0 Å². The van der Waals surface area contributed by atoms with Crippen molar-refractivity contribution in [1.82, 2.24) is 0 Å². The van der Waals surface area contributed by atoms with E-state index in [2.05, 4.69) is 5.32 Å². The van der Waals surface area contributed by atoms with Gasteiger partial charge in [-0.1, -0.05) is 0 Å². The fourth-order valence-corrected chi connectivity index (χ4v) is 1.72. The molecule has 2 rings (SSSR count). The Morgan fingerprint density at radius 1 is 1.05 bits per heavy atom. The molecule has 0 heterocycles. The van der Waals surface area contributed by atoms with E-state index < -0.39 is 5.97 Å². The number of benzene rings is 2. The van der Waals surface area contributed by atoms with Gasteiger partial charge in [0.1, 0.15) is 0 Å². The molecule has 0 bridgehead atoms. The van der Waals surface area contributed by atoms with Crippen LogP contribution < -0.4 is 11.1 Å². The third kappa shape index (κ3) is 2.95. The molecule has 2 aromatic rings. The lowest BCUT2D eigenvalue weighted by Gasteiger charge is -2.07. The summed E-state index contributed by atoms with van der Waals surface area (Å²) in [5.41, 5.74) is 8.43. The zero-order valence-electron chi connectivity index (χ0n) is 10.9. The minimum Gasteiger partial charge on any atom is -0.478 e. The normalized spacial score (nSPS) is 10.1. The Morgan fingerprint density at radius 2 is 1.65 bits per heavy atom. The molecule has 4 N–H and O–H groups in total. The number of nitrogens with two attached hydrogens (primary N) is 1. The lowest BCUT2D eigenvalue weighted by molar-refractivity contribution is 0.0696. The molecule has 0 spiro atoms. The van der Waals surface area contributed by atoms with E-state index in [1.807, 2.05) is 6.92 Å². The van der Waals surface area contributed by atoms with Gasteiger partial charge in [0.15, 0.2) is 0 Å². The van der Waals surface area contributed by atoms with Gasteiger partial charge >= 0.3 is 5.97 Å². The maximum absolute atomic E-state index is 12.0. The van der Waals surface area contributed by atoms with Crippen LogP contribution in [0.1, 0.15) is 26.3 Å². The summed E-state index contributed by atoms with van der Waals surface area (Å²) in [6.07, 6.45) is 0. The van der Waals surface area contributed by atoms with E-state index in [-0.39, 0.29) is 11.5 Å². The van der Waals surface area contributed by atoms with Gasteiger partial charge in [0.05, 0.1) is 5.56 Å². The van der Waals surface area contributed by atoms with Crippen LogP contribution >= 0.6 is 0 Å². The van der Waals surface area contributed by atoms with Gasteiger partial charge in [0.25, 0.3) is 5.91 Å². The zero-order chi connectivity index (χ0) is 14.7. The van der Waals surface area contributed by atoms with Gasteiger partial charge in [-0.2, -0.15) is 0 Å². The number of carbonyl (C=O) groups is 2. The van der Waals surface area contributed by atoms with Crippen molar-refractivity contribution in [3.8, 4) is 0 Å². The predicted octanol–water partition coefficient (Wildman–Crippen LogP) is 2.53. The first kappa shape index (κ1) is 13.6. The monoisotopic (exact) mass is 270 g/mol. The zero-order valence-corrected chi connectivity index (χ0v) is 10.9. The molecule has 102 valence electrons. The molecule has 0 atom stereocenters. The highest BCUT2D eigenvalue weighted by Crippen LogP contribution is 2.17. The van der Waals surface area contributed by atoms with Gasteiger partial charge in [-0.15, -0.1) is 0 Å². The third-order valence-corrected chi connectivity index (χ3v) is 2.92. The number of hydrogen-bond donors (Lipinski definition) is 3. The van der Waals surface area contributed by atoms with Crippen LogP contribution in [0.4, 0.5) is 11.4 Å². The quantitative estimate of drug-likeness (QED) is 0.747. The van der Waals surface area contributed by atoms with Crippen molar-refractivity contribution < 1.29 is 14.7 Å². The Bertz CT molecular complexity index is 663. The summed E-state index contributed by atoms with van der Waals surface area (Å²) < 4.78 is 0. The molecule has 0 fully saturated rings. The van der Waals surface area contributed by atoms with Crippen LogP contribution in [-0.2, 0) is 0 Å². The van der Waals surface area contributed by atoms with Gasteiger partial charge in [-0.05, 0) is 55.0 Å². The average Bonchev–Trinajstić information content (AvgIpc) is 2.43. The molecule has 0 aliphatic rings. The van der Waals surface area contributed by atoms with Gasteiger partial charge in [0.2, 0.25) is 0 Å². The number of nitrogen functional groups attached to an aromatic ring is 1. The second kappa shape index (κ2) is 5.44. The number of aromatic carboxylic acids is 1. The average molecular weight is 270 g/mol. The van der Waals surface area contributed by atoms with Crippen molar-refractivity contribution in [3.05, 3.63) is 59.2 Å². The summed E-state index contributed by atoms with van der Waals surface area (Å²) in [6, 6.07) is 11.0. The summed E-state index contributed by atoms with van der Waals surface area (Å²) in [5, 5.41) is 11.5. The van der Waals surface area contributed by atoms with Crippen molar-refractivity contribution in [2.24, 2.45) is 0 Å². The number of amides is 1. The fraction of sp³-hybridized carbons (Fsp3) is 0.0667. The smallest absolute Gasteiger partial charge is 0.335 e. The first-order valence-corrected chi connectivity index (χ1v) is 5.98. The minimum atomic E-state index is -1.02. The SMILES string of the molecule is Cc1cc(NC(=O)c2ccc(C(=O)O)cc2)ccc1N.